The van der Waals surface area contributed by atoms with E-state index in [0.717, 1.165) is 28.7 Å². The fraction of sp³-hybridized carbons (Fsp3) is 0.217. The van der Waals surface area contributed by atoms with Crippen LogP contribution in [0.3, 0.4) is 0 Å². The van der Waals surface area contributed by atoms with Gasteiger partial charge in [-0.3, -0.25) is 4.99 Å². The van der Waals surface area contributed by atoms with Crippen LogP contribution >= 0.6 is 0 Å². The van der Waals surface area contributed by atoms with Crippen molar-refractivity contribution >= 4 is 11.8 Å². The number of nitriles is 1. The lowest BCUT2D eigenvalue weighted by molar-refractivity contribution is 0.354. The van der Waals surface area contributed by atoms with E-state index in [2.05, 4.69) is 17.1 Å². The number of benzene rings is 2. The molecule has 2 aromatic carbocycles. The van der Waals surface area contributed by atoms with Gasteiger partial charge >= 0.3 is 0 Å². The van der Waals surface area contributed by atoms with Gasteiger partial charge in [0, 0.05) is 12.1 Å². The summed E-state index contributed by atoms with van der Waals surface area (Å²) < 4.78 is 10.8. The third kappa shape index (κ3) is 4.09. The van der Waals surface area contributed by atoms with Gasteiger partial charge in [0.05, 0.1) is 25.5 Å². The molecule has 0 aromatic heterocycles. The third-order valence-corrected chi connectivity index (χ3v) is 4.46. The van der Waals surface area contributed by atoms with E-state index in [1.165, 1.54) is 0 Å². The average molecular weight is 358 g/mol. The maximum atomic E-state index is 9.76. The number of rotatable bonds is 5. The Morgan fingerprint density at radius 3 is 2.48 bits per heavy atom. The summed E-state index contributed by atoms with van der Waals surface area (Å²) in [6.07, 6.45) is 4.75. The lowest BCUT2D eigenvalue weighted by Crippen LogP contribution is -2.15. The maximum Gasteiger partial charge on any atom is 0.161 e. The van der Waals surface area contributed by atoms with Gasteiger partial charge in [-0.05, 0) is 48.3 Å². The second-order valence-corrected chi connectivity index (χ2v) is 6.31. The number of hydrogen-bond acceptors (Lipinski definition) is 4. The van der Waals surface area contributed by atoms with Crippen LogP contribution in [-0.2, 0) is 6.42 Å². The fourth-order valence-corrected chi connectivity index (χ4v) is 3.19. The van der Waals surface area contributed by atoms with E-state index in [1.54, 1.807) is 14.2 Å². The quantitative estimate of drug-likeness (QED) is 0.580. The van der Waals surface area contributed by atoms with Gasteiger partial charge in [-0.2, -0.15) is 5.26 Å². The first-order valence-electron chi connectivity index (χ1n) is 8.81. The van der Waals surface area contributed by atoms with Crippen LogP contribution in [0.2, 0.25) is 0 Å². The van der Waals surface area contributed by atoms with E-state index in [4.69, 9.17) is 9.47 Å². The standard InChI is InChI=1S/C23H22N2O2/c1-16(11-17-7-5-4-6-8-17)12-19(15-24)23-20-14-22(27-3)21(26-2)13-18(20)9-10-25-23/h4-8,11-14H,9-10H2,1-3H3/b16-11+,19-12+. The minimum absolute atomic E-state index is 0.549. The van der Waals surface area contributed by atoms with Crippen molar-refractivity contribution in [3.63, 3.8) is 0 Å². The molecule has 0 saturated heterocycles. The van der Waals surface area contributed by atoms with Crippen molar-refractivity contribution < 1.29 is 9.47 Å². The average Bonchev–Trinajstić information content (AvgIpc) is 2.71. The zero-order valence-corrected chi connectivity index (χ0v) is 15.8. The van der Waals surface area contributed by atoms with Crippen LogP contribution in [0.25, 0.3) is 6.08 Å². The van der Waals surface area contributed by atoms with Gasteiger partial charge in [-0.15, -0.1) is 0 Å². The Hall–Kier alpha value is -3.32. The lowest BCUT2D eigenvalue weighted by Gasteiger charge is -2.19. The van der Waals surface area contributed by atoms with E-state index in [9.17, 15) is 5.26 Å². The highest BCUT2D eigenvalue weighted by Gasteiger charge is 2.21. The van der Waals surface area contributed by atoms with Crippen LogP contribution in [0.1, 0.15) is 23.6 Å². The Kier molecular flexibility index (Phi) is 5.73. The Labute approximate surface area is 160 Å². The predicted octanol–water partition coefficient (Wildman–Crippen LogP) is 4.60. The van der Waals surface area contributed by atoms with Gasteiger partial charge < -0.3 is 9.47 Å². The molecule has 2 aromatic rings. The summed E-state index contributed by atoms with van der Waals surface area (Å²) in [5.41, 5.74) is 5.39. The summed E-state index contributed by atoms with van der Waals surface area (Å²) in [6.45, 7) is 2.64. The number of allylic oxidation sites excluding steroid dienone is 3. The van der Waals surface area contributed by atoms with Crippen LogP contribution in [0.4, 0.5) is 0 Å². The first-order valence-corrected chi connectivity index (χ1v) is 8.81. The Morgan fingerprint density at radius 1 is 1.11 bits per heavy atom. The van der Waals surface area contributed by atoms with Crippen LogP contribution in [-0.4, -0.2) is 26.5 Å². The monoisotopic (exact) mass is 358 g/mol. The molecule has 0 N–H and O–H groups in total. The summed E-state index contributed by atoms with van der Waals surface area (Å²) >= 11 is 0. The molecule has 4 nitrogen and oxygen atoms in total. The van der Waals surface area contributed by atoms with Crippen LogP contribution < -0.4 is 9.47 Å². The second-order valence-electron chi connectivity index (χ2n) is 6.31. The van der Waals surface area contributed by atoms with Crippen LogP contribution in [0.15, 0.2) is 64.7 Å². The van der Waals surface area contributed by atoms with E-state index in [-0.39, 0.29) is 0 Å². The first-order chi connectivity index (χ1) is 13.2. The molecule has 0 amide bonds. The van der Waals surface area contributed by atoms with Crippen molar-refractivity contribution in [3.8, 4) is 17.6 Å². The normalized spacial score (nSPS) is 14.1. The van der Waals surface area contributed by atoms with Gasteiger partial charge in [0.1, 0.15) is 6.07 Å². The van der Waals surface area contributed by atoms with Crippen molar-refractivity contribution in [2.75, 3.05) is 20.8 Å². The summed E-state index contributed by atoms with van der Waals surface area (Å²) in [6, 6.07) is 16.2. The summed E-state index contributed by atoms with van der Waals surface area (Å²) in [7, 11) is 3.23. The highest BCUT2D eigenvalue weighted by atomic mass is 16.5. The van der Waals surface area contributed by atoms with Crippen molar-refractivity contribution in [1.29, 1.82) is 5.26 Å². The van der Waals surface area contributed by atoms with Gasteiger partial charge in [-0.1, -0.05) is 36.4 Å². The first kappa shape index (κ1) is 18.5. The minimum Gasteiger partial charge on any atom is -0.493 e. The SMILES string of the molecule is COc1cc2c(cc1OC)C(/C(C#N)=C/C(C)=C/c1ccccc1)=NCC2. The second kappa shape index (κ2) is 8.37. The van der Waals surface area contributed by atoms with Crippen molar-refractivity contribution in [2.24, 2.45) is 4.99 Å². The maximum absolute atomic E-state index is 9.76. The fourth-order valence-electron chi connectivity index (χ4n) is 3.19. The van der Waals surface area contributed by atoms with Crippen molar-refractivity contribution in [3.05, 3.63) is 76.4 Å². The van der Waals surface area contributed by atoms with Crippen molar-refractivity contribution in [2.45, 2.75) is 13.3 Å². The highest BCUT2D eigenvalue weighted by molar-refractivity contribution is 6.17. The third-order valence-electron chi connectivity index (χ3n) is 4.46. The highest BCUT2D eigenvalue weighted by Crippen LogP contribution is 2.33. The molecule has 1 aliphatic rings. The van der Waals surface area contributed by atoms with Gasteiger partial charge in [0.2, 0.25) is 0 Å². The molecular formula is C23H22N2O2. The van der Waals surface area contributed by atoms with Crippen LogP contribution in [0, 0.1) is 11.3 Å². The van der Waals surface area contributed by atoms with E-state index < -0.39 is 0 Å². The Balaban J connectivity index is 2.01. The number of ether oxygens (including phenoxy) is 2. The molecule has 0 atom stereocenters. The lowest BCUT2D eigenvalue weighted by atomic mass is 9.92. The minimum atomic E-state index is 0.549. The molecule has 4 heteroatoms. The van der Waals surface area contributed by atoms with Gasteiger partial charge in [0.15, 0.2) is 11.5 Å². The summed E-state index contributed by atoms with van der Waals surface area (Å²) in [4.78, 5) is 4.64. The molecule has 136 valence electrons. The molecule has 3 rings (SSSR count). The molecule has 1 aliphatic heterocycles. The topological polar surface area (TPSA) is 54.6 Å². The van der Waals surface area contributed by atoms with Crippen molar-refractivity contribution in [1.82, 2.24) is 0 Å². The number of methoxy groups -OCH3 is 2. The zero-order valence-electron chi connectivity index (χ0n) is 15.8. The molecule has 0 aliphatic carbocycles. The molecule has 0 saturated carbocycles. The Morgan fingerprint density at radius 2 is 1.81 bits per heavy atom. The molecule has 0 bridgehead atoms. The van der Waals surface area contributed by atoms with E-state index in [0.29, 0.717) is 29.3 Å². The largest absolute Gasteiger partial charge is 0.493 e. The zero-order chi connectivity index (χ0) is 19.2. The van der Waals surface area contributed by atoms with Gasteiger partial charge in [-0.25, -0.2) is 0 Å². The van der Waals surface area contributed by atoms with E-state index >= 15 is 0 Å². The molecule has 0 radical (unpaired) electrons. The smallest absolute Gasteiger partial charge is 0.161 e. The Bertz CT molecular complexity index is 964. The number of hydrogen-bond donors (Lipinski definition) is 0. The van der Waals surface area contributed by atoms with E-state index in [1.807, 2.05) is 55.5 Å². The number of aliphatic imine (C=N–C) groups is 1. The molecule has 0 unspecified atom stereocenters. The van der Waals surface area contributed by atoms with Crippen LogP contribution in [0.5, 0.6) is 11.5 Å². The molecule has 1 heterocycles. The predicted molar refractivity (Wildman–Crippen MR) is 108 cm³/mol. The summed E-state index contributed by atoms with van der Waals surface area (Å²) in [5.74, 6) is 1.33. The molecular weight excluding hydrogens is 336 g/mol. The molecule has 0 spiro atoms. The molecule has 0 fully saturated rings. The number of fused-ring (bicyclic) bond motifs is 1. The summed E-state index contributed by atoms with van der Waals surface area (Å²) in [5, 5.41) is 9.76. The van der Waals surface area contributed by atoms with Gasteiger partial charge in [0.25, 0.3) is 0 Å². The number of nitrogens with zero attached hydrogens (tertiary/aromatic N) is 2. The molecule has 27 heavy (non-hydrogen) atoms.